The zero-order valence-electron chi connectivity index (χ0n) is 17.0. The molecule has 0 radical (unpaired) electrons. The van der Waals surface area contributed by atoms with Crippen LogP contribution < -0.4 is 9.64 Å². The minimum absolute atomic E-state index is 0.0121. The summed E-state index contributed by atoms with van der Waals surface area (Å²) < 4.78 is 32.2. The predicted octanol–water partition coefficient (Wildman–Crippen LogP) is 4.34. The number of carbonyl (C=O) groups excluding carboxylic acids is 1. The third kappa shape index (κ3) is 3.57. The molecule has 1 aliphatic heterocycles. The van der Waals surface area contributed by atoms with Gasteiger partial charge in [-0.05, 0) is 48.9 Å². The Morgan fingerprint density at radius 3 is 2.10 bits per heavy atom. The van der Waals surface area contributed by atoms with Gasteiger partial charge in [-0.25, -0.2) is 8.42 Å². The Hall–Kier alpha value is -3.58. The summed E-state index contributed by atoms with van der Waals surface area (Å²) in [5.41, 5.74) is 2.01. The van der Waals surface area contributed by atoms with Crippen molar-refractivity contribution in [1.82, 2.24) is 0 Å². The molecule has 0 saturated carbocycles. The van der Waals surface area contributed by atoms with Crippen molar-refractivity contribution in [2.24, 2.45) is 0 Å². The molecule has 6 nitrogen and oxygen atoms in total. The van der Waals surface area contributed by atoms with E-state index in [0.29, 0.717) is 17.0 Å². The van der Waals surface area contributed by atoms with E-state index in [4.69, 9.17) is 4.74 Å². The van der Waals surface area contributed by atoms with Crippen molar-refractivity contribution in [3.05, 3.63) is 101 Å². The van der Waals surface area contributed by atoms with Crippen LogP contribution in [-0.2, 0) is 14.6 Å². The Kier molecular flexibility index (Phi) is 5.29. The monoisotopic (exact) mass is 435 g/mol. The molecular formula is C24H21NO5S. The quantitative estimate of drug-likeness (QED) is 0.645. The molecule has 1 heterocycles. The molecule has 1 aliphatic rings. The SMILES string of the molecule is COc1ccc(N2C(=O)C(O)=C(S(=O)(=O)c3ccccc3)C2c2ccc(C)cc2)cc1. The van der Waals surface area contributed by atoms with Crippen molar-refractivity contribution in [2.75, 3.05) is 12.0 Å². The van der Waals surface area contributed by atoms with Crippen LogP contribution in [0.5, 0.6) is 5.75 Å². The first-order valence-electron chi connectivity index (χ1n) is 9.62. The van der Waals surface area contributed by atoms with Crippen LogP contribution in [0.4, 0.5) is 5.69 Å². The molecule has 158 valence electrons. The number of aryl methyl sites for hydroxylation is 1. The lowest BCUT2D eigenvalue weighted by molar-refractivity contribution is -0.117. The standard InChI is InChI=1S/C24H21NO5S/c1-16-8-10-17(11-9-16)21-23(31(28,29)20-6-4-3-5-7-20)22(26)24(27)25(21)18-12-14-19(30-2)15-13-18/h3-15,21,26H,1-2H3. The zero-order chi connectivity index (χ0) is 22.2. The molecular weight excluding hydrogens is 414 g/mol. The second kappa shape index (κ2) is 7.92. The summed E-state index contributed by atoms with van der Waals surface area (Å²) in [6.07, 6.45) is 0. The molecule has 1 N–H and O–H groups in total. The number of rotatable bonds is 5. The van der Waals surface area contributed by atoms with Crippen LogP contribution >= 0.6 is 0 Å². The molecule has 7 heteroatoms. The number of ether oxygens (including phenoxy) is 1. The normalized spacial score (nSPS) is 16.6. The first-order valence-corrected chi connectivity index (χ1v) is 11.1. The first-order chi connectivity index (χ1) is 14.8. The third-order valence-corrected chi connectivity index (χ3v) is 7.14. The fourth-order valence-corrected chi connectivity index (χ4v) is 5.29. The Morgan fingerprint density at radius 1 is 0.903 bits per heavy atom. The minimum atomic E-state index is -4.14. The Morgan fingerprint density at radius 2 is 1.52 bits per heavy atom. The van der Waals surface area contributed by atoms with Crippen LogP contribution in [0.25, 0.3) is 0 Å². The number of amides is 1. The predicted molar refractivity (Wildman–Crippen MR) is 118 cm³/mol. The van der Waals surface area contributed by atoms with Gasteiger partial charge in [0.1, 0.15) is 16.7 Å². The van der Waals surface area contributed by atoms with E-state index < -0.39 is 27.5 Å². The highest BCUT2D eigenvalue weighted by Gasteiger charge is 2.47. The van der Waals surface area contributed by atoms with Gasteiger partial charge in [-0.3, -0.25) is 9.69 Å². The van der Waals surface area contributed by atoms with Crippen LogP contribution in [0.3, 0.4) is 0 Å². The van der Waals surface area contributed by atoms with Crippen LogP contribution in [-0.4, -0.2) is 26.5 Å². The number of benzene rings is 3. The van der Waals surface area contributed by atoms with Gasteiger partial charge < -0.3 is 9.84 Å². The highest BCUT2D eigenvalue weighted by atomic mass is 32.2. The molecule has 4 rings (SSSR count). The molecule has 0 aromatic heterocycles. The van der Waals surface area contributed by atoms with Crippen LogP contribution in [0.1, 0.15) is 17.2 Å². The van der Waals surface area contributed by atoms with Crippen molar-refractivity contribution < 1.29 is 23.1 Å². The van der Waals surface area contributed by atoms with Crippen LogP contribution in [0, 0.1) is 6.92 Å². The molecule has 3 aromatic carbocycles. The summed E-state index contributed by atoms with van der Waals surface area (Å²) in [6, 6.07) is 20.7. The Balaban J connectivity index is 1.92. The smallest absolute Gasteiger partial charge is 0.295 e. The number of anilines is 1. The topological polar surface area (TPSA) is 83.9 Å². The number of nitrogens with zero attached hydrogens (tertiary/aromatic N) is 1. The Labute approximate surface area is 180 Å². The third-order valence-electron chi connectivity index (χ3n) is 5.25. The fourth-order valence-electron chi connectivity index (χ4n) is 3.64. The van der Waals surface area contributed by atoms with Crippen molar-refractivity contribution in [2.45, 2.75) is 17.9 Å². The molecule has 31 heavy (non-hydrogen) atoms. The largest absolute Gasteiger partial charge is 0.502 e. The first kappa shape index (κ1) is 20.7. The molecule has 1 unspecified atom stereocenters. The molecule has 1 atom stereocenters. The summed E-state index contributed by atoms with van der Waals surface area (Å²) in [5, 5.41) is 10.8. The van der Waals surface area contributed by atoms with Gasteiger partial charge >= 0.3 is 0 Å². The number of sulfone groups is 1. The number of methoxy groups -OCH3 is 1. The van der Waals surface area contributed by atoms with E-state index in [1.807, 2.05) is 19.1 Å². The van der Waals surface area contributed by atoms with E-state index >= 15 is 0 Å². The van der Waals surface area contributed by atoms with Gasteiger partial charge in [-0.2, -0.15) is 0 Å². The average molecular weight is 436 g/mol. The van der Waals surface area contributed by atoms with Crippen molar-refractivity contribution in [1.29, 1.82) is 0 Å². The van der Waals surface area contributed by atoms with Crippen molar-refractivity contribution in [3.63, 3.8) is 0 Å². The van der Waals surface area contributed by atoms with E-state index in [9.17, 15) is 18.3 Å². The van der Waals surface area contributed by atoms with Gasteiger partial charge in [-0.1, -0.05) is 48.0 Å². The van der Waals surface area contributed by atoms with E-state index in [-0.39, 0.29) is 9.80 Å². The maximum atomic E-state index is 13.5. The number of aliphatic hydroxyl groups is 1. The van der Waals surface area contributed by atoms with Crippen molar-refractivity contribution >= 4 is 21.4 Å². The molecule has 0 fully saturated rings. The summed E-state index contributed by atoms with van der Waals surface area (Å²) in [6.45, 7) is 1.92. The minimum Gasteiger partial charge on any atom is -0.502 e. The van der Waals surface area contributed by atoms with Gasteiger partial charge in [0.2, 0.25) is 9.84 Å². The summed E-state index contributed by atoms with van der Waals surface area (Å²) >= 11 is 0. The molecule has 0 saturated heterocycles. The van der Waals surface area contributed by atoms with E-state index in [0.717, 1.165) is 5.56 Å². The van der Waals surface area contributed by atoms with Gasteiger partial charge in [-0.15, -0.1) is 0 Å². The number of hydrogen-bond acceptors (Lipinski definition) is 5. The number of carbonyl (C=O) groups is 1. The second-order valence-electron chi connectivity index (χ2n) is 7.22. The van der Waals surface area contributed by atoms with Gasteiger partial charge in [0, 0.05) is 5.69 Å². The van der Waals surface area contributed by atoms with Gasteiger partial charge in [0.15, 0.2) is 5.76 Å². The molecule has 0 aliphatic carbocycles. The molecule has 1 amide bonds. The maximum absolute atomic E-state index is 13.5. The lowest BCUT2D eigenvalue weighted by Gasteiger charge is -2.27. The number of aliphatic hydroxyl groups excluding tert-OH is 1. The highest BCUT2D eigenvalue weighted by molar-refractivity contribution is 7.95. The highest BCUT2D eigenvalue weighted by Crippen LogP contribution is 2.45. The fraction of sp³-hybridized carbons (Fsp3) is 0.125. The summed E-state index contributed by atoms with van der Waals surface area (Å²) in [7, 11) is -2.61. The molecule has 0 spiro atoms. The second-order valence-corrected chi connectivity index (χ2v) is 9.13. The van der Waals surface area contributed by atoms with Crippen LogP contribution in [0.2, 0.25) is 0 Å². The number of hydrogen-bond donors (Lipinski definition) is 1. The summed E-state index contributed by atoms with van der Waals surface area (Å²) in [4.78, 5) is 14.1. The zero-order valence-corrected chi connectivity index (χ0v) is 17.8. The van der Waals surface area contributed by atoms with E-state index in [1.54, 1.807) is 54.6 Å². The van der Waals surface area contributed by atoms with E-state index in [1.165, 1.54) is 24.1 Å². The van der Waals surface area contributed by atoms with Crippen LogP contribution in [0.15, 0.2) is 94.4 Å². The lowest BCUT2D eigenvalue weighted by Crippen LogP contribution is -2.31. The lowest BCUT2D eigenvalue weighted by atomic mass is 10.0. The van der Waals surface area contributed by atoms with E-state index in [2.05, 4.69) is 0 Å². The summed E-state index contributed by atoms with van der Waals surface area (Å²) in [5.74, 6) is -0.952. The molecule has 3 aromatic rings. The molecule has 0 bridgehead atoms. The van der Waals surface area contributed by atoms with Gasteiger partial charge in [0.05, 0.1) is 12.0 Å². The maximum Gasteiger partial charge on any atom is 0.295 e. The average Bonchev–Trinajstić information content (AvgIpc) is 3.06. The van der Waals surface area contributed by atoms with Crippen molar-refractivity contribution in [3.8, 4) is 5.75 Å². The Bertz CT molecular complexity index is 1250. The van der Waals surface area contributed by atoms with Gasteiger partial charge in [0.25, 0.3) is 5.91 Å².